The lowest BCUT2D eigenvalue weighted by molar-refractivity contribution is -0.141. The summed E-state index contributed by atoms with van der Waals surface area (Å²) in [6.07, 6.45) is 3.91. The van der Waals surface area contributed by atoms with Gasteiger partial charge in [0.25, 0.3) is 11.5 Å². The molecule has 3 atom stereocenters. The Balaban J connectivity index is 2.04. The van der Waals surface area contributed by atoms with Gasteiger partial charge in [-0.05, 0) is 25.2 Å². The van der Waals surface area contributed by atoms with Crippen LogP contribution in [-0.4, -0.2) is 43.9 Å². The Bertz CT molecular complexity index is 767. The third-order valence-corrected chi connectivity index (χ3v) is 4.80. The number of anilines is 1. The summed E-state index contributed by atoms with van der Waals surface area (Å²) in [7, 11) is 0. The van der Waals surface area contributed by atoms with Crippen molar-refractivity contribution in [2.24, 2.45) is 5.92 Å². The number of likely N-dealkylation sites (tertiary alicyclic amines) is 1. The molecule has 3 unspecified atom stereocenters. The summed E-state index contributed by atoms with van der Waals surface area (Å²) < 4.78 is 0. The fourth-order valence-corrected chi connectivity index (χ4v) is 3.77. The van der Waals surface area contributed by atoms with Crippen LogP contribution < -0.4 is 17.0 Å². The van der Waals surface area contributed by atoms with Crippen molar-refractivity contribution in [3.05, 3.63) is 26.5 Å². The molecule has 9 heteroatoms. The van der Waals surface area contributed by atoms with E-state index in [0.717, 1.165) is 19.3 Å². The Labute approximate surface area is 130 Å². The van der Waals surface area contributed by atoms with E-state index in [1.54, 1.807) is 0 Å². The molecule has 0 aromatic carbocycles. The number of hydrogen-bond acceptors (Lipinski definition) is 5. The molecule has 3 rings (SSSR count). The van der Waals surface area contributed by atoms with E-state index in [1.807, 2.05) is 4.98 Å². The van der Waals surface area contributed by atoms with Gasteiger partial charge in [-0.1, -0.05) is 12.8 Å². The maximum Gasteiger partial charge on any atom is 0.326 e. The minimum atomic E-state index is -1.08. The van der Waals surface area contributed by atoms with Crippen molar-refractivity contribution in [2.75, 3.05) is 5.73 Å². The Morgan fingerprint density at radius 3 is 2.57 bits per heavy atom. The average molecular weight is 322 g/mol. The molecule has 1 aliphatic heterocycles. The van der Waals surface area contributed by atoms with Crippen LogP contribution >= 0.6 is 0 Å². The highest BCUT2D eigenvalue weighted by atomic mass is 16.4. The SMILES string of the molecule is Nc1c(C(=O)N2C(C(=O)O)CC3CCCCC32)[nH]c(=O)[nH]c1=O. The molecule has 1 aliphatic carbocycles. The number of amides is 1. The molecule has 1 saturated carbocycles. The van der Waals surface area contributed by atoms with Crippen molar-refractivity contribution in [1.29, 1.82) is 0 Å². The number of nitrogen functional groups attached to an aromatic ring is 1. The lowest BCUT2D eigenvalue weighted by Crippen LogP contribution is -2.47. The van der Waals surface area contributed by atoms with E-state index < -0.39 is 34.9 Å². The van der Waals surface area contributed by atoms with Gasteiger partial charge in [0.05, 0.1) is 0 Å². The van der Waals surface area contributed by atoms with Gasteiger partial charge in [-0.3, -0.25) is 14.6 Å². The van der Waals surface area contributed by atoms with Crippen LogP contribution in [0.1, 0.15) is 42.6 Å². The first-order chi connectivity index (χ1) is 10.9. The summed E-state index contributed by atoms with van der Waals surface area (Å²) in [5.74, 6) is -1.66. The number of nitrogens with zero attached hydrogens (tertiary/aromatic N) is 1. The summed E-state index contributed by atoms with van der Waals surface area (Å²) in [6.45, 7) is 0. The normalized spacial score (nSPS) is 26.8. The van der Waals surface area contributed by atoms with Crippen molar-refractivity contribution in [1.82, 2.24) is 14.9 Å². The number of fused-ring (bicyclic) bond motifs is 1. The van der Waals surface area contributed by atoms with Crippen LogP contribution in [0.5, 0.6) is 0 Å². The van der Waals surface area contributed by atoms with Gasteiger partial charge in [-0.2, -0.15) is 0 Å². The largest absolute Gasteiger partial charge is 0.480 e. The number of carbonyl (C=O) groups is 2. The Morgan fingerprint density at radius 1 is 1.17 bits per heavy atom. The molecular weight excluding hydrogens is 304 g/mol. The third kappa shape index (κ3) is 2.51. The molecular formula is C14H18N4O5. The zero-order valence-corrected chi connectivity index (χ0v) is 12.4. The number of nitrogens with one attached hydrogen (secondary N) is 2. The number of carboxylic acid groups (broad SMARTS) is 1. The molecule has 23 heavy (non-hydrogen) atoms. The fraction of sp³-hybridized carbons (Fsp3) is 0.571. The van der Waals surface area contributed by atoms with Gasteiger partial charge >= 0.3 is 11.7 Å². The van der Waals surface area contributed by atoms with Crippen LogP contribution in [0.25, 0.3) is 0 Å². The predicted molar refractivity (Wildman–Crippen MR) is 80.1 cm³/mol. The topological polar surface area (TPSA) is 149 Å². The highest BCUT2D eigenvalue weighted by Gasteiger charge is 2.48. The molecule has 5 N–H and O–H groups in total. The fourth-order valence-electron chi connectivity index (χ4n) is 3.77. The van der Waals surface area contributed by atoms with Crippen LogP contribution in [0.3, 0.4) is 0 Å². The highest BCUT2D eigenvalue weighted by Crippen LogP contribution is 2.40. The van der Waals surface area contributed by atoms with E-state index in [0.29, 0.717) is 12.8 Å². The predicted octanol–water partition coefficient (Wildman–Crippen LogP) is -0.497. The number of carbonyl (C=O) groups excluding carboxylic acids is 1. The Kier molecular flexibility index (Phi) is 3.70. The van der Waals surface area contributed by atoms with Crippen LogP contribution in [0, 0.1) is 5.92 Å². The van der Waals surface area contributed by atoms with Gasteiger partial charge in [0, 0.05) is 6.04 Å². The minimum Gasteiger partial charge on any atom is -0.480 e. The summed E-state index contributed by atoms with van der Waals surface area (Å²) in [6, 6.07) is -1.16. The van der Waals surface area contributed by atoms with Gasteiger partial charge in [0.2, 0.25) is 0 Å². The minimum absolute atomic E-state index is 0.128. The summed E-state index contributed by atoms with van der Waals surface area (Å²) in [5, 5.41) is 9.44. The van der Waals surface area contributed by atoms with E-state index in [1.165, 1.54) is 4.90 Å². The van der Waals surface area contributed by atoms with E-state index in [4.69, 9.17) is 5.73 Å². The third-order valence-electron chi connectivity index (χ3n) is 4.80. The molecule has 0 bridgehead atoms. The molecule has 1 aromatic heterocycles. The van der Waals surface area contributed by atoms with Gasteiger partial charge in [-0.15, -0.1) is 0 Å². The molecule has 2 heterocycles. The quantitative estimate of drug-likeness (QED) is 0.577. The van der Waals surface area contributed by atoms with Crippen LogP contribution in [0.2, 0.25) is 0 Å². The standard InChI is InChI=1S/C14H18N4O5/c15-9-10(16-14(23)17-11(9)19)12(20)18-7-4-2-1-3-6(7)5-8(18)13(21)22/h6-8H,1-5,15H2,(H,21,22)(H2,16,17,19,23). The van der Waals surface area contributed by atoms with E-state index in [9.17, 15) is 24.3 Å². The van der Waals surface area contributed by atoms with Crippen molar-refractivity contribution in [3.8, 4) is 0 Å². The highest BCUT2D eigenvalue weighted by molar-refractivity contribution is 5.99. The molecule has 0 radical (unpaired) electrons. The second-order valence-corrected chi connectivity index (χ2v) is 6.11. The molecule has 1 saturated heterocycles. The first-order valence-electron chi connectivity index (χ1n) is 7.57. The zero-order chi connectivity index (χ0) is 16.7. The number of carboxylic acids is 1. The van der Waals surface area contributed by atoms with Crippen LogP contribution in [0.15, 0.2) is 9.59 Å². The smallest absolute Gasteiger partial charge is 0.326 e. The second-order valence-electron chi connectivity index (χ2n) is 6.11. The Morgan fingerprint density at radius 2 is 1.87 bits per heavy atom. The number of nitrogens with two attached hydrogens (primary N) is 1. The molecule has 2 aliphatic rings. The first kappa shape index (κ1) is 15.3. The number of aromatic nitrogens is 2. The van der Waals surface area contributed by atoms with Crippen molar-refractivity contribution < 1.29 is 14.7 Å². The molecule has 124 valence electrons. The number of rotatable bonds is 2. The number of aliphatic carboxylic acids is 1. The molecule has 9 nitrogen and oxygen atoms in total. The molecule has 2 fully saturated rings. The lowest BCUT2D eigenvalue weighted by atomic mass is 9.84. The van der Waals surface area contributed by atoms with Gasteiger partial charge < -0.3 is 20.7 Å². The van der Waals surface area contributed by atoms with Crippen LogP contribution in [0.4, 0.5) is 5.69 Å². The maximum absolute atomic E-state index is 12.8. The average Bonchev–Trinajstić information content (AvgIpc) is 2.90. The molecule has 1 amide bonds. The van der Waals surface area contributed by atoms with Gasteiger partial charge in [0.15, 0.2) is 0 Å². The zero-order valence-electron chi connectivity index (χ0n) is 12.4. The van der Waals surface area contributed by atoms with E-state index in [-0.39, 0.29) is 17.7 Å². The van der Waals surface area contributed by atoms with Crippen molar-refractivity contribution in [3.63, 3.8) is 0 Å². The summed E-state index contributed by atoms with van der Waals surface area (Å²) >= 11 is 0. The molecule has 0 spiro atoms. The lowest BCUT2D eigenvalue weighted by Gasteiger charge is -2.32. The Hall–Kier alpha value is -2.58. The van der Waals surface area contributed by atoms with Crippen molar-refractivity contribution in [2.45, 2.75) is 44.2 Å². The second kappa shape index (κ2) is 5.56. The number of hydrogen-bond donors (Lipinski definition) is 4. The summed E-state index contributed by atoms with van der Waals surface area (Å²) in [5.41, 5.74) is 3.15. The van der Waals surface area contributed by atoms with Crippen LogP contribution in [-0.2, 0) is 4.79 Å². The van der Waals surface area contributed by atoms with Crippen molar-refractivity contribution >= 4 is 17.6 Å². The van der Waals surface area contributed by atoms with Gasteiger partial charge in [-0.25, -0.2) is 9.59 Å². The summed E-state index contributed by atoms with van der Waals surface area (Å²) in [4.78, 5) is 52.8. The molecule has 1 aromatic rings. The first-order valence-corrected chi connectivity index (χ1v) is 7.57. The van der Waals surface area contributed by atoms with Gasteiger partial charge in [0.1, 0.15) is 17.4 Å². The van der Waals surface area contributed by atoms with E-state index in [2.05, 4.69) is 4.98 Å². The van der Waals surface area contributed by atoms with E-state index >= 15 is 0 Å². The maximum atomic E-state index is 12.8. The monoisotopic (exact) mass is 322 g/mol. The number of H-pyrrole nitrogens is 2. The number of aromatic amines is 2.